The van der Waals surface area contributed by atoms with E-state index in [1.54, 1.807) is 0 Å². The Labute approximate surface area is 95.5 Å². The lowest BCUT2D eigenvalue weighted by Crippen LogP contribution is -2.42. The summed E-state index contributed by atoms with van der Waals surface area (Å²) in [7, 11) is 1.86. The third-order valence-corrected chi connectivity index (χ3v) is 4.85. The number of halogens is 1. The topological polar surface area (TPSA) is 54.0 Å². The molecule has 0 heterocycles. The van der Waals surface area contributed by atoms with E-state index in [1.807, 2.05) is 0 Å². The highest BCUT2D eigenvalue weighted by Crippen LogP contribution is 2.14. The van der Waals surface area contributed by atoms with Crippen LogP contribution >= 0.6 is 0 Å². The predicted octanol–water partition coefficient (Wildman–Crippen LogP) is 1.28. The van der Waals surface area contributed by atoms with Crippen LogP contribution in [-0.4, -0.2) is 42.7 Å². The molecule has 0 unspecified atom stereocenters. The van der Waals surface area contributed by atoms with E-state index in [1.165, 1.54) is 21.3 Å². The summed E-state index contributed by atoms with van der Waals surface area (Å²) >= 11 is 0. The fourth-order valence-corrected chi connectivity index (χ4v) is 2.78. The molecule has 0 spiro atoms. The van der Waals surface area contributed by atoms with Crippen LogP contribution in [0.2, 0.25) is 6.04 Å². The fourth-order valence-electron chi connectivity index (χ4n) is 1.09. The Hall–Kier alpha value is -0.763. The highest BCUT2D eigenvalue weighted by Gasteiger charge is 2.36. The zero-order valence-electron chi connectivity index (χ0n) is 9.75. The Morgan fingerprint density at radius 1 is 1.25 bits per heavy atom. The molecule has 94 valence electrons. The average Bonchev–Trinajstić information content (AvgIpc) is 2.30. The molecule has 0 fully saturated rings. The van der Waals surface area contributed by atoms with E-state index in [4.69, 9.17) is 13.3 Å². The minimum Gasteiger partial charge on any atom is -0.460 e. The Morgan fingerprint density at radius 2 is 1.75 bits per heavy atom. The quantitative estimate of drug-likeness (QED) is 0.282. The lowest BCUT2D eigenvalue weighted by Gasteiger charge is -2.23. The van der Waals surface area contributed by atoms with Gasteiger partial charge in [0.15, 0.2) is 0 Å². The molecule has 16 heavy (non-hydrogen) atoms. The number of esters is 1. The van der Waals surface area contributed by atoms with E-state index in [9.17, 15) is 9.18 Å². The molecule has 0 aliphatic rings. The molecule has 0 amide bonds. The zero-order valence-corrected chi connectivity index (χ0v) is 10.7. The van der Waals surface area contributed by atoms with Crippen molar-refractivity contribution in [2.24, 2.45) is 0 Å². The lowest BCUT2D eigenvalue weighted by atomic mass is 10.5. The number of ether oxygens (including phenoxy) is 1. The molecule has 0 saturated carbocycles. The molecule has 5 nitrogen and oxygen atoms in total. The van der Waals surface area contributed by atoms with E-state index in [0.29, 0.717) is 12.5 Å². The maximum Gasteiger partial charge on any atom is 0.500 e. The minimum absolute atomic E-state index is 0.0760. The van der Waals surface area contributed by atoms with E-state index >= 15 is 0 Å². The first-order chi connectivity index (χ1) is 7.51. The first-order valence-corrected chi connectivity index (χ1v) is 6.61. The van der Waals surface area contributed by atoms with E-state index in [0.717, 1.165) is 0 Å². The van der Waals surface area contributed by atoms with E-state index in [-0.39, 0.29) is 6.61 Å². The summed E-state index contributed by atoms with van der Waals surface area (Å²) < 4.78 is 32.3. The van der Waals surface area contributed by atoms with Crippen molar-refractivity contribution >= 4 is 14.8 Å². The number of carbonyl (C=O) groups excluding carboxylic acids is 1. The molecule has 0 rings (SSSR count). The molecule has 7 heteroatoms. The van der Waals surface area contributed by atoms with Crippen LogP contribution in [0.15, 0.2) is 12.4 Å². The normalized spacial score (nSPS) is 11.2. The van der Waals surface area contributed by atoms with Gasteiger partial charge in [0.2, 0.25) is 5.83 Å². The second-order valence-corrected chi connectivity index (χ2v) is 6.03. The van der Waals surface area contributed by atoms with Gasteiger partial charge in [0, 0.05) is 27.4 Å². The van der Waals surface area contributed by atoms with Gasteiger partial charge in [-0.15, -0.1) is 0 Å². The van der Waals surface area contributed by atoms with Crippen molar-refractivity contribution in [2.45, 2.75) is 12.5 Å². The van der Waals surface area contributed by atoms with Crippen LogP contribution in [0.25, 0.3) is 0 Å². The molecule has 0 aliphatic heterocycles. The van der Waals surface area contributed by atoms with Crippen molar-refractivity contribution in [1.82, 2.24) is 0 Å². The van der Waals surface area contributed by atoms with Crippen LogP contribution < -0.4 is 0 Å². The molecule has 0 N–H and O–H groups in total. The fraction of sp³-hybridized carbons (Fsp3) is 0.667. The predicted molar refractivity (Wildman–Crippen MR) is 57.4 cm³/mol. The van der Waals surface area contributed by atoms with Gasteiger partial charge in [-0.1, -0.05) is 6.58 Å². The van der Waals surface area contributed by atoms with Gasteiger partial charge in [0.05, 0.1) is 6.61 Å². The van der Waals surface area contributed by atoms with Crippen molar-refractivity contribution in [3.63, 3.8) is 0 Å². The lowest BCUT2D eigenvalue weighted by molar-refractivity contribution is -0.140. The molecule has 0 atom stereocenters. The zero-order chi connectivity index (χ0) is 12.6. The first kappa shape index (κ1) is 15.2. The van der Waals surface area contributed by atoms with Crippen LogP contribution in [-0.2, 0) is 22.8 Å². The number of rotatable bonds is 8. The van der Waals surface area contributed by atoms with Gasteiger partial charge < -0.3 is 18.0 Å². The van der Waals surface area contributed by atoms with E-state index in [2.05, 4.69) is 11.3 Å². The highest BCUT2D eigenvalue weighted by molar-refractivity contribution is 6.60. The van der Waals surface area contributed by atoms with Crippen LogP contribution in [0.5, 0.6) is 0 Å². The smallest absolute Gasteiger partial charge is 0.460 e. The van der Waals surface area contributed by atoms with Gasteiger partial charge in [-0.25, -0.2) is 4.79 Å². The summed E-state index contributed by atoms with van der Waals surface area (Å²) in [5.41, 5.74) is 0. The minimum atomic E-state index is -2.62. The third-order valence-electron chi connectivity index (χ3n) is 2.01. The van der Waals surface area contributed by atoms with Gasteiger partial charge in [-0.3, -0.25) is 0 Å². The van der Waals surface area contributed by atoms with Crippen LogP contribution in [0.4, 0.5) is 4.39 Å². The van der Waals surface area contributed by atoms with Gasteiger partial charge in [-0.05, 0) is 6.42 Å². The largest absolute Gasteiger partial charge is 0.500 e. The molecule has 0 aliphatic carbocycles. The Morgan fingerprint density at radius 3 is 2.12 bits per heavy atom. The summed E-state index contributed by atoms with van der Waals surface area (Å²) in [6.45, 7) is 2.90. The van der Waals surface area contributed by atoms with Crippen molar-refractivity contribution < 1.29 is 27.2 Å². The summed E-state index contributed by atoms with van der Waals surface area (Å²) in [6.07, 6.45) is 0.473. The van der Waals surface area contributed by atoms with Crippen molar-refractivity contribution in [3.8, 4) is 0 Å². The molecule has 0 aromatic carbocycles. The third kappa shape index (κ3) is 4.84. The maximum absolute atomic E-state index is 12.2. The van der Waals surface area contributed by atoms with Crippen molar-refractivity contribution in [2.75, 3.05) is 27.9 Å². The van der Waals surface area contributed by atoms with Gasteiger partial charge >= 0.3 is 14.8 Å². The molecule has 0 saturated heterocycles. The first-order valence-electron chi connectivity index (χ1n) is 4.68. The number of carbonyl (C=O) groups is 1. The average molecular weight is 252 g/mol. The molecular weight excluding hydrogens is 235 g/mol. The SMILES string of the molecule is C=C(F)C(=O)OCCC[Si](OC)(OC)OC. The van der Waals surface area contributed by atoms with Crippen LogP contribution in [0, 0.1) is 0 Å². The summed E-state index contributed by atoms with van der Waals surface area (Å²) in [5, 5.41) is 0. The molecule has 0 bridgehead atoms. The standard InChI is InChI=1S/C9H17FO5Si/c1-8(10)9(11)15-6-5-7-16(12-2,13-3)14-4/h1,5-7H2,2-4H3. The molecule has 0 aromatic heterocycles. The van der Waals surface area contributed by atoms with E-state index < -0.39 is 20.6 Å². The summed E-state index contributed by atoms with van der Waals surface area (Å²) in [5.74, 6) is -2.15. The van der Waals surface area contributed by atoms with Gasteiger partial charge in [0.25, 0.3) is 0 Å². The van der Waals surface area contributed by atoms with Crippen LogP contribution in [0.3, 0.4) is 0 Å². The number of hydrogen-bond acceptors (Lipinski definition) is 5. The second kappa shape index (κ2) is 7.50. The monoisotopic (exact) mass is 252 g/mol. The Balaban J connectivity index is 3.88. The molecule has 0 aromatic rings. The summed E-state index contributed by atoms with van der Waals surface area (Å²) in [4.78, 5) is 10.7. The van der Waals surface area contributed by atoms with Crippen molar-refractivity contribution in [3.05, 3.63) is 12.4 Å². The second-order valence-electron chi connectivity index (χ2n) is 2.94. The summed E-state index contributed by atoms with van der Waals surface area (Å²) in [6, 6.07) is 0.489. The maximum atomic E-state index is 12.2. The van der Waals surface area contributed by atoms with Crippen molar-refractivity contribution in [1.29, 1.82) is 0 Å². The number of hydrogen-bond donors (Lipinski definition) is 0. The highest BCUT2D eigenvalue weighted by atomic mass is 28.4. The molecular formula is C9H17FO5Si. The molecule has 0 radical (unpaired) electrons. The Bertz CT molecular complexity index is 234. The Kier molecular flexibility index (Phi) is 7.14. The van der Waals surface area contributed by atoms with Gasteiger partial charge in [-0.2, -0.15) is 4.39 Å². The van der Waals surface area contributed by atoms with Crippen LogP contribution in [0.1, 0.15) is 6.42 Å². The van der Waals surface area contributed by atoms with Gasteiger partial charge in [0.1, 0.15) is 0 Å².